The Bertz CT molecular complexity index is 1020. The second-order valence-electron chi connectivity index (χ2n) is 10.3. The summed E-state index contributed by atoms with van der Waals surface area (Å²) in [6.45, 7) is 6.34. The molecular weight excluding hydrogens is 562 g/mol. The van der Waals surface area contributed by atoms with E-state index in [4.69, 9.17) is 21.1 Å². The highest BCUT2D eigenvalue weighted by molar-refractivity contribution is 5.95. The van der Waals surface area contributed by atoms with Crippen LogP contribution in [0.2, 0.25) is 0 Å². The molecule has 0 aliphatic heterocycles. The lowest BCUT2D eigenvalue weighted by atomic mass is 9.98. The van der Waals surface area contributed by atoms with E-state index in [-0.39, 0.29) is 12.8 Å². The van der Waals surface area contributed by atoms with E-state index in [1.165, 1.54) is 0 Å². The summed E-state index contributed by atoms with van der Waals surface area (Å²) in [6, 6.07) is -6.86. The summed E-state index contributed by atoms with van der Waals surface area (Å²) in [5.74, 6) is -9.94. The van der Waals surface area contributed by atoms with E-state index >= 15 is 0 Å². The van der Waals surface area contributed by atoms with Crippen LogP contribution < -0.4 is 27.0 Å². The number of nitrogens with one attached hydrogen (secondary N) is 4. The monoisotopic (exact) mass is 603 g/mol. The zero-order chi connectivity index (χ0) is 32.7. The van der Waals surface area contributed by atoms with Crippen LogP contribution in [0.3, 0.4) is 0 Å². The fraction of sp³-hybridized carbons (Fsp3) is 0.680. The van der Waals surface area contributed by atoms with Crippen molar-refractivity contribution in [2.75, 3.05) is 0 Å². The summed E-state index contributed by atoms with van der Waals surface area (Å²) in [5, 5.41) is 45.3. The molecule has 5 unspecified atom stereocenters. The molecule has 0 saturated carbocycles. The van der Waals surface area contributed by atoms with Gasteiger partial charge in [-0.3, -0.25) is 33.6 Å². The minimum absolute atomic E-state index is 0.177. The molecule has 0 aromatic heterocycles. The van der Waals surface area contributed by atoms with Gasteiger partial charge in [-0.25, -0.2) is 4.79 Å². The Kier molecular flexibility index (Phi) is 16.4. The number of carbonyl (C=O) groups excluding carboxylic acids is 4. The van der Waals surface area contributed by atoms with Crippen LogP contribution in [0.25, 0.3) is 0 Å². The van der Waals surface area contributed by atoms with E-state index in [1.54, 1.807) is 27.7 Å². The highest BCUT2D eigenvalue weighted by atomic mass is 16.4. The number of aliphatic carboxylic acids is 4. The van der Waals surface area contributed by atoms with E-state index in [2.05, 4.69) is 21.3 Å². The third-order valence-corrected chi connectivity index (χ3v) is 6.04. The van der Waals surface area contributed by atoms with Gasteiger partial charge >= 0.3 is 23.9 Å². The summed E-state index contributed by atoms with van der Waals surface area (Å²) in [4.78, 5) is 95.7. The lowest BCUT2D eigenvalue weighted by Crippen LogP contribution is -2.60. The highest BCUT2D eigenvalue weighted by Crippen LogP contribution is 2.10. The van der Waals surface area contributed by atoms with Crippen LogP contribution in [-0.4, -0.2) is 98.1 Å². The van der Waals surface area contributed by atoms with Gasteiger partial charge in [0.15, 0.2) is 0 Å². The molecule has 10 N–H and O–H groups in total. The van der Waals surface area contributed by atoms with Gasteiger partial charge in [0.25, 0.3) is 0 Å². The third-order valence-electron chi connectivity index (χ3n) is 6.04. The van der Waals surface area contributed by atoms with Crippen molar-refractivity contribution in [3.63, 3.8) is 0 Å². The standard InChI is InChI=1S/C25H41N5O12/c1-11(2)19(30-24(40)20(12(3)4)29-21(37)13(26)5-8-16(31)32)23(39)27-14(6-9-17(33)34)22(38)28-15(25(41)42)7-10-18(35)36/h11-15,19-20H,5-10,26H2,1-4H3,(H,27,39)(H,28,38)(H,29,37)(H,30,40)(H,31,32)(H,33,34)(H,35,36)(H,41,42). The minimum Gasteiger partial charge on any atom is -0.481 e. The molecule has 0 radical (unpaired) electrons. The molecule has 17 heteroatoms. The summed E-state index contributed by atoms with van der Waals surface area (Å²) in [5.41, 5.74) is 5.71. The van der Waals surface area contributed by atoms with Crippen LogP contribution >= 0.6 is 0 Å². The van der Waals surface area contributed by atoms with E-state index in [1.807, 2.05) is 0 Å². The van der Waals surface area contributed by atoms with Crippen LogP contribution in [0.1, 0.15) is 66.2 Å². The molecule has 238 valence electrons. The highest BCUT2D eigenvalue weighted by Gasteiger charge is 2.34. The predicted molar refractivity (Wildman–Crippen MR) is 144 cm³/mol. The van der Waals surface area contributed by atoms with E-state index < -0.39 is 115 Å². The predicted octanol–water partition coefficient (Wildman–Crippen LogP) is -1.76. The van der Waals surface area contributed by atoms with Gasteiger partial charge < -0.3 is 47.4 Å². The van der Waals surface area contributed by atoms with Gasteiger partial charge in [-0.05, 0) is 31.1 Å². The zero-order valence-electron chi connectivity index (χ0n) is 23.9. The van der Waals surface area contributed by atoms with Crippen LogP contribution in [0.5, 0.6) is 0 Å². The van der Waals surface area contributed by atoms with Crippen molar-refractivity contribution in [3.8, 4) is 0 Å². The maximum absolute atomic E-state index is 13.2. The van der Waals surface area contributed by atoms with Gasteiger partial charge in [-0.15, -0.1) is 0 Å². The first-order valence-electron chi connectivity index (χ1n) is 13.2. The number of carboxylic acid groups (broad SMARTS) is 4. The van der Waals surface area contributed by atoms with Crippen molar-refractivity contribution in [1.29, 1.82) is 0 Å². The molecule has 0 aliphatic carbocycles. The summed E-state index contributed by atoms with van der Waals surface area (Å²) in [7, 11) is 0. The largest absolute Gasteiger partial charge is 0.481 e. The molecule has 0 aliphatic rings. The Balaban J connectivity index is 5.76. The molecule has 17 nitrogen and oxygen atoms in total. The fourth-order valence-electron chi connectivity index (χ4n) is 3.58. The van der Waals surface area contributed by atoms with Crippen LogP contribution in [0, 0.1) is 11.8 Å². The average Bonchev–Trinajstić information content (AvgIpc) is 2.87. The van der Waals surface area contributed by atoms with E-state index in [0.29, 0.717) is 0 Å². The number of rotatable bonds is 20. The van der Waals surface area contributed by atoms with Crippen molar-refractivity contribution in [2.24, 2.45) is 17.6 Å². The first-order valence-corrected chi connectivity index (χ1v) is 13.2. The van der Waals surface area contributed by atoms with E-state index in [9.17, 15) is 43.5 Å². The molecule has 4 amide bonds. The third kappa shape index (κ3) is 14.4. The Morgan fingerprint density at radius 2 is 0.881 bits per heavy atom. The van der Waals surface area contributed by atoms with Crippen molar-refractivity contribution < 1.29 is 58.8 Å². The normalized spacial score (nSPS) is 14.5. The van der Waals surface area contributed by atoms with Crippen molar-refractivity contribution in [3.05, 3.63) is 0 Å². The summed E-state index contributed by atoms with van der Waals surface area (Å²) < 4.78 is 0. The van der Waals surface area contributed by atoms with Gasteiger partial charge in [-0.2, -0.15) is 0 Å². The molecule has 0 aromatic carbocycles. The van der Waals surface area contributed by atoms with Crippen LogP contribution in [0.15, 0.2) is 0 Å². The minimum atomic E-state index is -1.63. The Morgan fingerprint density at radius 1 is 0.524 bits per heavy atom. The van der Waals surface area contributed by atoms with Crippen molar-refractivity contribution in [2.45, 2.75) is 96.4 Å². The number of nitrogens with two attached hydrogens (primary N) is 1. The Morgan fingerprint density at radius 3 is 1.29 bits per heavy atom. The zero-order valence-corrected chi connectivity index (χ0v) is 23.9. The fourth-order valence-corrected chi connectivity index (χ4v) is 3.58. The maximum atomic E-state index is 13.2. The van der Waals surface area contributed by atoms with E-state index in [0.717, 1.165) is 0 Å². The summed E-state index contributed by atoms with van der Waals surface area (Å²) in [6.07, 6.45) is -2.63. The molecule has 0 spiro atoms. The lowest BCUT2D eigenvalue weighted by Gasteiger charge is -2.29. The van der Waals surface area contributed by atoms with Gasteiger partial charge in [-0.1, -0.05) is 27.7 Å². The molecule has 0 heterocycles. The van der Waals surface area contributed by atoms with Gasteiger partial charge in [0, 0.05) is 19.3 Å². The molecule has 0 bridgehead atoms. The SMILES string of the molecule is CC(C)C(NC(=O)C(N)CCC(=O)O)C(=O)NC(C(=O)NC(CCC(=O)O)C(=O)NC(CCC(=O)O)C(=O)O)C(C)C. The number of carboxylic acids is 4. The number of hydrogen-bond donors (Lipinski definition) is 9. The maximum Gasteiger partial charge on any atom is 0.326 e. The van der Waals surface area contributed by atoms with Gasteiger partial charge in [0.2, 0.25) is 23.6 Å². The second kappa shape index (κ2) is 18.2. The lowest BCUT2D eigenvalue weighted by molar-refractivity contribution is -0.144. The Hall–Kier alpha value is -4.28. The quantitative estimate of drug-likeness (QED) is 0.0746. The smallest absolute Gasteiger partial charge is 0.326 e. The molecule has 0 aromatic rings. The molecule has 0 fully saturated rings. The number of hydrogen-bond acceptors (Lipinski definition) is 9. The average molecular weight is 604 g/mol. The van der Waals surface area contributed by atoms with Crippen molar-refractivity contribution >= 4 is 47.5 Å². The Labute approximate surface area is 242 Å². The molecule has 0 rings (SSSR count). The number of amides is 4. The van der Waals surface area contributed by atoms with Crippen LogP contribution in [-0.2, 0) is 38.4 Å². The molecule has 0 saturated heterocycles. The van der Waals surface area contributed by atoms with Gasteiger partial charge in [0.05, 0.1) is 6.04 Å². The first kappa shape index (κ1) is 37.7. The van der Waals surface area contributed by atoms with Crippen molar-refractivity contribution in [1.82, 2.24) is 21.3 Å². The summed E-state index contributed by atoms with van der Waals surface area (Å²) >= 11 is 0. The molecular formula is C25H41N5O12. The topological polar surface area (TPSA) is 292 Å². The first-order chi connectivity index (χ1) is 19.4. The molecule has 42 heavy (non-hydrogen) atoms. The van der Waals surface area contributed by atoms with Crippen LogP contribution in [0.4, 0.5) is 0 Å². The number of carbonyl (C=O) groups is 8. The van der Waals surface area contributed by atoms with Gasteiger partial charge in [0.1, 0.15) is 24.2 Å². The molecule has 5 atom stereocenters. The second-order valence-corrected chi connectivity index (χ2v) is 10.3.